The fraction of sp³-hybridized carbons (Fsp3) is 0.615. The van der Waals surface area contributed by atoms with Gasteiger partial charge in [-0.3, -0.25) is 13.4 Å². The van der Waals surface area contributed by atoms with E-state index in [1.165, 1.54) is 0 Å². The first kappa shape index (κ1) is 25.6. The number of benzene rings is 1. The van der Waals surface area contributed by atoms with Crippen molar-refractivity contribution in [3.63, 3.8) is 0 Å². The smallest absolute Gasteiger partial charge is 0.272 e. The zero-order chi connectivity index (χ0) is 24.2. The lowest BCUT2D eigenvalue weighted by Crippen LogP contribution is -2.37. The molecule has 7 heteroatoms. The van der Waals surface area contributed by atoms with Crippen LogP contribution in [0, 0.1) is 11.3 Å². The third-order valence-electron chi connectivity index (χ3n) is 6.78. The molecule has 0 spiro atoms. The van der Waals surface area contributed by atoms with Gasteiger partial charge in [-0.15, -0.1) is 0 Å². The number of fused-ring (bicyclic) bond motifs is 1. The van der Waals surface area contributed by atoms with Gasteiger partial charge in [0.15, 0.2) is 0 Å². The summed E-state index contributed by atoms with van der Waals surface area (Å²) >= 11 is 0. The van der Waals surface area contributed by atoms with Crippen LogP contribution < -0.4 is 4.74 Å². The van der Waals surface area contributed by atoms with Crippen molar-refractivity contribution in [2.24, 2.45) is 16.3 Å². The van der Waals surface area contributed by atoms with E-state index >= 15 is 0 Å². The van der Waals surface area contributed by atoms with Crippen molar-refractivity contribution < 1.29 is 18.1 Å². The Morgan fingerprint density at radius 1 is 1.36 bits per heavy atom. The topological polar surface area (TPSA) is 59.0 Å². The number of rotatable bonds is 6. The Morgan fingerprint density at radius 3 is 2.64 bits per heavy atom. The molecule has 1 amide bonds. The molecule has 1 heterocycles. The lowest BCUT2D eigenvalue weighted by molar-refractivity contribution is -0.128. The average molecular weight is 477 g/mol. The maximum atomic E-state index is 13.3. The Morgan fingerprint density at radius 2 is 2.06 bits per heavy atom. The summed E-state index contributed by atoms with van der Waals surface area (Å²) in [5.41, 5.74) is 2.37. The summed E-state index contributed by atoms with van der Waals surface area (Å²) < 4.78 is 31.7. The monoisotopic (exact) mass is 476 g/mol. The third kappa shape index (κ3) is 6.11. The van der Waals surface area contributed by atoms with Gasteiger partial charge in [0.05, 0.1) is 23.6 Å². The van der Waals surface area contributed by atoms with Gasteiger partial charge in [0.1, 0.15) is 16.5 Å². The Bertz CT molecular complexity index is 949. The van der Waals surface area contributed by atoms with Gasteiger partial charge in [0.2, 0.25) is 0 Å². The van der Waals surface area contributed by atoms with E-state index in [4.69, 9.17) is 4.74 Å². The van der Waals surface area contributed by atoms with Crippen LogP contribution in [0.25, 0.3) is 0 Å². The average Bonchev–Trinajstić information content (AvgIpc) is 2.80. The molecule has 0 saturated heterocycles. The van der Waals surface area contributed by atoms with E-state index in [2.05, 4.69) is 4.99 Å². The Labute approximate surface area is 199 Å². The number of carbonyl (C=O) groups excluding carboxylic acids is 1. The second kappa shape index (κ2) is 10.9. The summed E-state index contributed by atoms with van der Waals surface area (Å²) in [5.74, 6) is 0.750. The van der Waals surface area contributed by atoms with Crippen LogP contribution >= 0.6 is 0 Å². The quantitative estimate of drug-likeness (QED) is 0.322. The molecule has 33 heavy (non-hydrogen) atoms. The minimum Gasteiger partial charge on any atom is -0.490 e. The van der Waals surface area contributed by atoms with Crippen molar-refractivity contribution in [2.45, 2.75) is 72.4 Å². The van der Waals surface area contributed by atoms with Gasteiger partial charge in [-0.1, -0.05) is 39.0 Å². The Balaban J connectivity index is 1.72. The van der Waals surface area contributed by atoms with E-state index in [-0.39, 0.29) is 30.0 Å². The van der Waals surface area contributed by atoms with Crippen LogP contribution in [0.15, 0.2) is 35.0 Å². The molecule has 5 nitrogen and oxygen atoms in total. The fourth-order valence-electron chi connectivity index (χ4n) is 4.62. The molecule has 1 aromatic rings. The Kier molecular flexibility index (Phi) is 8.48. The van der Waals surface area contributed by atoms with Crippen LogP contribution in [0.5, 0.6) is 5.75 Å². The van der Waals surface area contributed by atoms with Crippen molar-refractivity contribution in [2.75, 3.05) is 19.5 Å². The largest absolute Gasteiger partial charge is 0.490 e. The number of nitrogens with zero attached hydrogens (tertiary/aromatic N) is 2. The molecular weight excluding hydrogens is 439 g/mol. The van der Waals surface area contributed by atoms with Crippen molar-refractivity contribution in [3.05, 3.63) is 41.1 Å². The number of hydrogen-bond acceptors (Lipinski definition) is 4. The van der Waals surface area contributed by atoms with Crippen LogP contribution in [0.4, 0.5) is 4.39 Å². The number of alkyl halides is 1. The minimum atomic E-state index is -1.23. The van der Waals surface area contributed by atoms with E-state index in [0.717, 1.165) is 42.6 Å². The maximum Gasteiger partial charge on any atom is 0.272 e. The number of aliphatic imine (C=N–C) groups is 1. The van der Waals surface area contributed by atoms with Gasteiger partial charge in [0.25, 0.3) is 5.91 Å². The van der Waals surface area contributed by atoms with Crippen molar-refractivity contribution in [3.8, 4) is 5.75 Å². The van der Waals surface area contributed by atoms with Crippen molar-refractivity contribution in [1.29, 1.82) is 0 Å². The first-order valence-electron chi connectivity index (χ1n) is 11.9. The molecule has 1 atom stereocenters. The zero-order valence-electron chi connectivity index (χ0n) is 20.5. The minimum absolute atomic E-state index is 0.00271. The summed E-state index contributed by atoms with van der Waals surface area (Å²) in [4.78, 5) is 19.5. The number of ether oxygens (including phenoxy) is 1. The van der Waals surface area contributed by atoms with Crippen LogP contribution in [0.1, 0.15) is 64.5 Å². The molecule has 0 radical (unpaired) electrons. The number of halogens is 1. The van der Waals surface area contributed by atoms with E-state index in [1.807, 2.05) is 39.0 Å². The Hall–Kier alpha value is -2.02. The lowest BCUT2D eigenvalue weighted by Gasteiger charge is -2.36. The summed E-state index contributed by atoms with van der Waals surface area (Å²) in [7, 11) is -1.23. The molecule has 2 aliphatic rings. The SMILES string of the molecule is C/C=C(\N=C(C(C)C)S(C)=O)C(=O)N1CCc2c(cccc2OC2CCC(C)(CF)CC2)C1. The highest BCUT2D eigenvalue weighted by Crippen LogP contribution is 2.38. The summed E-state index contributed by atoms with van der Waals surface area (Å²) in [6.45, 7) is 8.47. The summed E-state index contributed by atoms with van der Waals surface area (Å²) in [6.07, 6.45) is 7.55. The predicted octanol–water partition coefficient (Wildman–Crippen LogP) is 5.21. The van der Waals surface area contributed by atoms with Gasteiger partial charge in [0, 0.05) is 30.8 Å². The highest BCUT2D eigenvalue weighted by Gasteiger charge is 2.33. The van der Waals surface area contributed by atoms with Crippen molar-refractivity contribution >= 4 is 21.8 Å². The highest BCUT2D eigenvalue weighted by atomic mass is 32.2. The van der Waals surface area contributed by atoms with Crippen LogP contribution in [-0.2, 0) is 28.6 Å². The lowest BCUT2D eigenvalue weighted by atomic mass is 9.76. The van der Waals surface area contributed by atoms with Gasteiger partial charge in [-0.25, -0.2) is 4.99 Å². The second-order valence-corrected chi connectivity index (χ2v) is 11.2. The molecule has 182 valence electrons. The molecule has 3 rings (SSSR count). The molecule has 1 fully saturated rings. The van der Waals surface area contributed by atoms with Gasteiger partial charge in [-0.05, 0) is 56.1 Å². The number of allylic oxidation sites excluding steroid dienone is 1. The summed E-state index contributed by atoms with van der Waals surface area (Å²) in [6, 6.07) is 6.02. The van der Waals surface area contributed by atoms with E-state index in [0.29, 0.717) is 30.3 Å². The molecule has 0 aromatic heterocycles. The van der Waals surface area contributed by atoms with E-state index in [1.54, 1.807) is 24.2 Å². The first-order chi connectivity index (χ1) is 15.7. The zero-order valence-corrected chi connectivity index (χ0v) is 21.3. The standard InChI is InChI=1S/C26H37FN2O3S/c1-6-22(28-24(18(2)3)33(5)31)25(30)29-15-12-21-19(16-29)8-7-9-23(21)32-20-10-13-26(4,17-27)14-11-20/h6-9,18,20H,10-17H2,1-5H3/b22-6-,28-24?. The number of amides is 1. The molecule has 0 bridgehead atoms. The highest BCUT2D eigenvalue weighted by molar-refractivity contribution is 8.00. The van der Waals surface area contributed by atoms with Crippen LogP contribution in [0.2, 0.25) is 0 Å². The van der Waals surface area contributed by atoms with Gasteiger partial charge >= 0.3 is 0 Å². The van der Waals surface area contributed by atoms with Crippen molar-refractivity contribution in [1.82, 2.24) is 4.90 Å². The number of carbonyl (C=O) groups is 1. The molecule has 1 aliphatic carbocycles. The van der Waals surface area contributed by atoms with Crippen LogP contribution in [0.3, 0.4) is 0 Å². The predicted molar refractivity (Wildman–Crippen MR) is 133 cm³/mol. The van der Waals surface area contributed by atoms with E-state index < -0.39 is 10.8 Å². The van der Waals surface area contributed by atoms with Gasteiger partial charge < -0.3 is 9.64 Å². The molecule has 1 aromatic carbocycles. The normalized spacial score (nSPS) is 25.1. The van der Waals surface area contributed by atoms with Gasteiger partial charge in [-0.2, -0.15) is 0 Å². The first-order valence-corrected chi connectivity index (χ1v) is 13.4. The van der Waals surface area contributed by atoms with Crippen LogP contribution in [-0.4, -0.2) is 45.6 Å². The second-order valence-electron chi connectivity index (χ2n) is 9.86. The number of hydrogen-bond donors (Lipinski definition) is 0. The molecule has 0 N–H and O–H groups in total. The van der Waals surface area contributed by atoms with E-state index in [9.17, 15) is 13.4 Å². The fourth-order valence-corrected chi connectivity index (χ4v) is 5.51. The molecular formula is C26H37FN2O3S. The molecule has 1 unspecified atom stereocenters. The molecule has 1 aliphatic heterocycles. The maximum absolute atomic E-state index is 13.3. The summed E-state index contributed by atoms with van der Waals surface area (Å²) in [5, 5.41) is 0.529. The molecule has 1 saturated carbocycles. The third-order valence-corrected chi connectivity index (χ3v) is 7.93.